The molecule has 0 aromatic heterocycles. The van der Waals surface area contributed by atoms with Gasteiger partial charge in [-0.15, -0.1) is 0 Å². The maximum Gasteiger partial charge on any atom is 0.394 e. The molecule has 0 heterocycles. The Kier molecular flexibility index (Phi) is 13.6. The van der Waals surface area contributed by atoms with Crippen molar-refractivity contribution in [1.29, 1.82) is 0 Å². The summed E-state index contributed by atoms with van der Waals surface area (Å²) in [7, 11) is -3.78. The van der Waals surface area contributed by atoms with E-state index in [2.05, 4.69) is 26.0 Å². The molecule has 7 N–H and O–H groups in total. The highest BCUT2D eigenvalue weighted by molar-refractivity contribution is 7.89. The van der Waals surface area contributed by atoms with Crippen LogP contribution in [0, 0.1) is 0 Å². The average molecular weight is 668 g/mol. The topological polar surface area (TPSA) is 220 Å². The zero-order chi connectivity index (χ0) is 34.4. The van der Waals surface area contributed by atoms with E-state index in [0.717, 1.165) is 11.1 Å². The van der Waals surface area contributed by atoms with Crippen molar-refractivity contribution in [3.8, 4) is 11.1 Å². The van der Waals surface area contributed by atoms with Crippen molar-refractivity contribution in [2.45, 2.75) is 43.2 Å². The molecule has 4 amide bonds. The Hall–Kier alpha value is -5.12. The van der Waals surface area contributed by atoms with Gasteiger partial charge < -0.3 is 31.5 Å². The Morgan fingerprint density at radius 2 is 1.43 bits per heavy atom. The van der Waals surface area contributed by atoms with Gasteiger partial charge in [0.05, 0.1) is 11.5 Å². The zero-order valence-electron chi connectivity index (χ0n) is 25.6. The molecule has 0 spiro atoms. The van der Waals surface area contributed by atoms with Crippen molar-refractivity contribution in [2.75, 3.05) is 25.0 Å². The zero-order valence-corrected chi connectivity index (χ0v) is 26.4. The van der Waals surface area contributed by atoms with Crippen molar-refractivity contribution < 1.29 is 42.6 Å². The molecule has 2 atom stereocenters. The van der Waals surface area contributed by atoms with Gasteiger partial charge in [-0.05, 0) is 53.8 Å². The highest BCUT2D eigenvalue weighted by Crippen LogP contribution is 2.22. The van der Waals surface area contributed by atoms with Crippen LogP contribution in [0.2, 0.25) is 0 Å². The second kappa shape index (κ2) is 17.5. The number of carbonyl (C=O) groups excluding carboxylic acids is 4. The molecule has 14 nitrogen and oxygen atoms in total. The smallest absolute Gasteiger partial charge is 0.394 e. The van der Waals surface area contributed by atoms with Crippen LogP contribution in [0.4, 0.5) is 5.69 Å². The van der Waals surface area contributed by atoms with Crippen molar-refractivity contribution in [1.82, 2.24) is 20.7 Å². The van der Waals surface area contributed by atoms with Crippen molar-refractivity contribution in [3.63, 3.8) is 0 Å². The third-order valence-corrected chi connectivity index (χ3v) is 8.26. The number of hydrogen-bond donors (Lipinski definition) is 7. The SMILES string of the molecule is CC(=O)N[C@@H](CO)C(=O)N[C@@H](Cc1ccc(NC(=O)C(=O)O)cc1)C(=O)NCCCCNS(=O)(=O)c1cccc(-c2ccccc2)c1. The molecule has 250 valence electrons. The predicted octanol–water partition coefficient (Wildman–Crippen LogP) is 0.776. The third kappa shape index (κ3) is 11.6. The number of amides is 4. The number of nitrogens with one attached hydrogen (secondary N) is 5. The van der Waals surface area contributed by atoms with Gasteiger partial charge in [0.2, 0.25) is 27.7 Å². The summed E-state index contributed by atoms with van der Waals surface area (Å²) in [5, 5.41) is 28.0. The second-order valence-corrected chi connectivity index (χ2v) is 12.2. The van der Waals surface area contributed by atoms with Gasteiger partial charge in [0.25, 0.3) is 0 Å². The molecule has 0 aliphatic rings. The summed E-state index contributed by atoms with van der Waals surface area (Å²) in [5.41, 5.74) is 2.40. The quantitative estimate of drug-likeness (QED) is 0.0846. The van der Waals surface area contributed by atoms with Gasteiger partial charge in [-0.3, -0.25) is 19.2 Å². The first-order chi connectivity index (χ1) is 22.4. The van der Waals surface area contributed by atoms with Crippen LogP contribution in [0.5, 0.6) is 0 Å². The van der Waals surface area contributed by atoms with E-state index in [-0.39, 0.29) is 30.1 Å². The van der Waals surface area contributed by atoms with E-state index in [4.69, 9.17) is 5.11 Å². The lowest BCUT2D eigenvalue weighted by Crippen LogP contribution is -2.55. The molecular weight excluding hydrogens is 630 g/mol. The molecular formula is C32H37N5O9S. The number of rotatable bonds is 16. The summed E-state index contributed by atoms with van der Waals surface area (Å²) >= 11 is 0. The fraction of sp³-hybridized carbons (Fsp3) is 0.281. The standard InChI is InChI=1S/C32H37N5O9S/c1-21(39)35-28(20-38)30(41)37-27(18-22-12-14-25(15-13-22)36-31(42)32(43)44)29(40)33-16-5-6-17-34-47(45,46)26-11-7-10-24(19-26)23-8-3-2-4-9-23/h2-4,7-15,19,27-28,34,38H,5-6,16-18,20H2,1H3,(H,33,40)(H,35,39)(H,36,42)(H,37,41)(H,43,44)/t27-,28-/m0/s1. The Labute approximate surface area is 272 Å². The fourth-order valence-corrected chi connectivity index (χ4v) is 5.53. The maximum absolute atomic E-state index is 13.1. The summed E-state index contributed by atoms with van der Waals surface area (Å²) < 4.78 is 28.3. The molecule has 0 unspecified atom stereocenters. The number of aliphatic hydroxyl groups excluding tert-OH is 1. The lowest BCUT2D eigenvalue weighted by atomic mass is 10.0. The van der Waals surface area contributed by atoms with Gasteiger partial charge in [0.15, 0.2) is 0 Å². The van der Waals surface area contributed by atoms with Crippen LogP contribution in [-0.2, 0) is 40.4 Å². The largest absolute Gasteiger partial charge is 0.474 e. The first-order valence-corrected chi connectivity index (χ1v) is 16.1. The second-order valence-electron chi connectivity index (χ2n) is 10.4. The summed E-state index contributed by atoms with van der Waals surface area (Å²) in [5.74, 6) is -4.80. The molecule has 0 fully saturated rings. The van der Waals surface area contributed by atoms with Crippen molar-refractivity contribution in [3.05, 3.63) is 84.4 Å². The highest BCUT2D eigenvalue weighted by atomic mass is 32.2. The lowest BCUT2D eigenvalue weighted by Gasteiger charge is -2.22. The van der Waals surface area contributed by atoms with Crippen LogP contribution < -0.4 is 26.0 Å². The lowest BCUT2D eigenvalue weighted by molar-refractivity contribution is -0.147. The number of aliphatic hydroxyl groups is 1. The number of hydrogen-bond acceptors (Lipinski definition) is 8. The molecule has 15 heteroatoms. The van der Waals surface area contributed by atoms with Crippen LogP contribution >= 0.6 is 0 Å². The van der Waals surface area contributed by atoms with Gasteiger partial charge in [0, 0.05) is 32.1 Å². The molecule has 0 radical (unpaired) electrons. The Balaban J connectivity index is 1.56. The predicted molar refractivity (Wildman–Crippen MR) is 172 cm³/mol. The minimum Gasteiger partial charge on any atom is -0.474 e. The maximum atomic E-state index is 13.1. The van der Waals surface area contributed by atoms with E-state index in [0.29, 0.717) is 18.4 Å². The Morgan fingerprint density at radius 1 is 0.766 bits per heavy atom. The van der Waals surface area contributed by atoms with E-state index in [1.807, 2.05) is 36.4 Å². The summed E-state index contributed by atoms with van der Waals surface area (Å²) in [6.45, 7) is 0.746. The van der Waals surface area contributed by atoms with E-state index < -0.39 is 58.3 Å². The first kappa shape index (κ1) is 36.3. The number of sulfonamides is 1. The van der Waals surface area contributed by atoms with Crippen molar-refractivity contribution in [2.24, 2.45) is 0 Å². The van der Waals surface area contributed by atoms with Crippen LogP contribution in [0.1, 0.15) is 25.3 Å². The monoisotopic (exact) mass is 667 g/mol. The Bertz CT molecular complexity index is 1670. The molecule has 3 aromatic carbocycles. The van der Waals surface area contributed by atoms with E-state index in [1.165, 1.54) is 37.3 Å². The number of unbranched alkanes of at least 4 members (excludes halogenated alkanes) is 1. The minimum atomic E-state index is -3.78. The molecule has 3 aromatic rings. The molecule has 0 bridgehead atoms. The molecule has 0 saturated carbocycles. The molecule has 0 saturated heterocycles. The van der Waals surface area contributed by atoms with Gasteiger partial charge in [0.1, 0.15) is 12.1 Å². The normalized spacial score (nSPS) is 12.3. The summed E-state index contributed by atoms with van der Waals surface area (Å²) in [6, 6.07) is 19.5. The number of carbonyl (C=O) groups is 5. The minimum absolute atomic E-state index is 0.0230. The molecule has 3 rings (SSSR count). The van der Waals surface area contributed by atoms with Gasteiger partial charge >= 0.3 is 11.9 Å². The van der Waals surface area contributed by atoms with E-state index in [9.17, 15) is 37.5 Å². The summed E-state index contributed by atoms with van der Waals surface area (Å²) in [4.78, 5) is 59.6. The molecule has 47 heavy (non-hydrogen) atoms. The Morgan fingerprint density at radius 3 is 2.06 bits per heavy atom. The van der Waals surface area contributed by atoms with Crippen LogP contribution in [0.3, 0.4) is 0 Å². The van der Waals surface area contributed by atoms with Crippen LogP contribution in [-0.4, -0.2) is 80.0 Å². The van der Waals surface area contributed by atoms with Gasteiger partial charge in [-0.25, -0.2) is 17.9 Å². The van der Waals surface area contributed by atoms with Gasteiger partial charge in [-0.1, -0.05) is 54.6 Å². The summed E-state index contributed by atoms with van der Waals surface area (Å²) in [6.07, 6.45) is 0.778. The van der Waals surface area contributed by atoms with E-state index >= 15 is 0 Å². The molecule has 0 aliphatic heterocycles. The third-order valence-electron chi connectivity index (χ3n) is 6.80. The first-order valence-electron chi connectivity index (χ1n) is 14.6. The van der Waals surface area contributed by atoms with Crippen LogP contribution in [0.25, 0.3) is 11.1 Å². The van der Waals surface area contributed by atoms with E-state index in [1.54, 1.807) is 12.1 Å². The van der Waals surface area contributed by atoms with Crippen LogP contribution in [0.15, 0.2) is 83.8 Å². The van der Waals surface area contributed by atoms with Gasteiger partial charge in [-0.2, -0.15) is 0 Å². The van der Waals surface area contributed by atoms with Crippen molar-refractivity contribution >= 4 is 45.3 Å². The number of carboxylic acid groups (broad SMARTS) is 1. The highest BCUT2D eigenvalue weighted by Gasteiger charge is 2.26. The number of aliphatic carboxylic acids is 1. The number of carboxylic acids is 1. The fourth-order valence-electron chi connectivity index (χ4n) is 4.41. The number of anilines is 1. The number of benzene rings is 3. The molecule has 0 aliphatic carbocycles. The average Bonchev–Trinajstić information content (AvgIpc) is 3.05.